The third kappa shape index (κ3) is 5.75. The molecule has 0 bridgehead atoms. The molecule has 1 aromatic carbocycles. The Bertz CT molecular complexity index is 1060. The molecule has 0 atom stereocenters. The number of carbonyl (C=O) groups is 1. The van der Waals surface area contributed by atoms with Crippen LogP contribution in [0, 0.1) is 0 Å². The standard InChI is InChI=1S/C13H15N3O.C8H5ClF3NO/c1-17-13-8-10(5-6-14-13)12-9-11-4-2-3-7-16(11)15-12;9-6-2-4(7(13)14)1-5(3-6)8(10,11)12/h5-6,8-9H,2-4,7H2,1H3;1-3H,(H2,13,14). The molecule has 0 saturated heterocycles. The number of fused-ring (bicyclic) bond motifs is 1. The van der Waals surface area contributed by atoms with Crippen LogP contribution in [-0.4, -0.2) is 27.8 Å². The number of rotatable bonds is 3. The lowest BCUT2D eigenvalue weighted by Crippen LogP contribution is -2.13. The zero-order valence-corrected chi connectivity index (χ0v) is 17.4. The zero-order valence-electron chi connectivity index (χ0n) is 16.6. The van der Waals surface area contributed by atoms with Crippen LogP contribution in [0.25, 0.3) is 11.3 Å². The first-order chi connectivity index (χ1) is 14.7. The van der Waals surface area contributed by atoms with Gasteiger partial charge < -0.3 is 10.5 Å². The lowest BCUT2D eigenvalue weighted by atomic mass is 10.1. The quantitative estimate of drug-likeness (QED) is 0.621. The third-order valence-corrected chi connectivity index (χ3v) is 4.88. The number of carbonyl (C=O) groups excluding carboxylic acids is 1. The Kier molecular flexibility index (Phi) is 6.84. The van der Waals surface area contributed by atoms with Crippen LogP contribution in [0.3, 0.4) is 0 Å². The van der Waals surface area contributed by atoms with Crippen LogP contribution in [0.15, 0.2) is 42.6 Å². The maximum atomic E-state index is 12.2. The Morgan fingerprint density at radius 1 is 1.19 bits per heavy atom. The van der Waals surface area contributed by atoms with E-state index in [1.807, 2.05) is 12.1 Å². The Labute approximate surface area is 181 Å². The zero-order chi connectivity index (χ0) is 22.6. The molecule has 1 amide bonds. The summed E-state index contributed by atoms with van der Waals surface area (Å²) in [4.78, 5) is 14.7. The fourth-order valence-corrected chi connectivity index (χ4v) is 3.37. The van der Waals surface area contributed by atoms with Crippen molar-refractivity contribution in [3.63, 3.8) is 0 Å². The number of hydrogen-bond donors (Lipinski definition) is 1. The number of amides is 1. The van der Waals surface area contributed by atoms with Crippen molar-refractivity contribution in [3.05, 3.63) is 64.4 Å². The first kappa shape index (κ1) is 22.6. The largest absolute Gasteiger partial charge is 0.481 e. The SMILES string of the molecule is COc1cc(-c2cc3n(n2)CCCC3)ccn1.NC(=O)c1cc(Cl)cc(C(F)(F)F)c1. The highest BCUT2D eigenvalue weighted by atomic mass is 35.5. The molecule has 10 heteroatoms. The number of methoxy groups -OCH3 is 1. The summed E-state index contributed by atoms with van der Waals surface area (Å²) >= 11 is 5.39. The molecule has 1 aliphatic rings. The summed E-state index contributed by atoms with van der Waals surface area (Å²) in [5.41, 5.74) is 7.00. The molecule has 6 nitrogen and oxygen atoms in total. The molecule has 4 rings (SSSR count). The van der Waals surface area contributed by atoms with Crippen LogP contribution in [0.1, 0.15) is 34.5 Å². The monoisotopic (exact) mass is 452 g/mol. The van der Waals surface area contributed by atoms with Crippen LogP contribution >= 0.6 is 11.6 Å². The van der Waals surface area contributed by atoms with Gasteiger partial charge in [-0.1, -0.05) is 11.6 Å². The van der Waals surface area contributed by atoms with Gasteiger partial charge >= 0.3 is 6.18 Å². The van der Waals surface area contributed by atoms with Crippen LogP contribution in [0.5, 0.6) is 5.88 Å². The van der Waals surface area contributed by atoms with Gasteiger partial charge in [-0.05, 0) is 49.6 Å². The Morgan fingerprint density at radius 3 is 2.61 bits per heavy atom. The van der Waals surface area contributed by atoms with Gasteiger partial charge in [0.05, 0.1) is 18.4 Å². The second-order valence-electron chi connectivity index (χ2n) is 6.88. The minimum absolute atomic E-state index is 0.173. The lowest BCUT2D eigenvalue weighted by molar-refractivity contribution is -0.137. The number of primary amides is 1. The summed E-state index contributed by atoms with van der Waals surface area (Å²) in [6.07, 6.45) is 0.857. The molecular weight excluding hydrogens is 433 g/mol. The summed E-state index contributed by atoms with van der Waals surface area (Å²) < 4.78 is 43.9. The van der Waals surface area contributed by atoms with Crippen molar-refractivity contribution in [2.24, 2.45) is 5.73 Å². The van der Waals surface area contributed by atoms with Crippen molar-refractivity contribution in [2.45, 2.75) is 32.0 Å². The molecule has 0 radical (unpaired) electrons. The van der Waals surface area contributed by atoms with Gasteiger partial charge in [-0.3, -0.25) is 9.48 Å². The predicted molar refractivity (Wildman–Crippen MR) is 110 cm³/mol. The molecule has 164 valence electrons. The first-order valence-corrected chi connectivity index (χ1v) is 9.80. The number of nitrogens with two attached hydrogens (primary N) is 1. The highest BCUT2D eigenvalue weighted by Crippen LogP contribution is 2.31. The van der Waals surface area contributed by atoms with Gasteiger partial charge in [0, 0.05) is 40.7 Å². The van der Waals surface area contributed by atoms with Crippen molar-refractivity contribution in [1.29, 1.82) is 0 Å². The van der Waals surface area contributed by atoms with E-state index in [-0.39, 0.29) is 10.6 Å². The Morgan fingerprint density at radius 2 is 1.97 bits per heavy atom. The summed E-state index contributed by atoms with van der Waals surface area (Å²) in [5.74, 6) is -0.313. The number of hydrogen-bond acceptors (Lipinski definition) is 4. The van der Waals surface area contributed by atoms with Crippen molar-refractivity contribution >= 4 is 17.5 Å². The molecule has 0 spiro atoms. The van der Waals surface area contributed by atoms with Gasteiger partial charge in [0.15, 0.2) is 0 Å². The molecule has 3 aromatic rings. The van der Waals surface area contributed by atoms with Gasteiger partial charge in [-0.2, -0.15) is 18.3 Å². The normalized spacial score (nSPS) is 13.1. The number of nitrogens with zero attached hydrogens (tertiary/aromatic N) is 3. The second-order valence-corrected chi connectivity index (χ2v) is 7.32. The summed E-state index contributed by atoms with van der Waals surface area (Å²) in [6, 6.07) is 8.54. The minimum atomic E-state index is -4.53. The van der Waals surface area contributed by atoms with Gasteiger partial charge in [0.2, 0.25) is 11.8 Å². The summed E-state index contributed by atoms with van der Waals surface area (Å²) in [7, 11) is 1.63. The average Bonchev–Trinajstić information content (AvgIpc) is 3.17. The third-order valence-electron chi connectivity index (χ3n) is 4.67. The molecule has 31 heavy (non-hydrogen) atoms. The lowest BCUT2D eigenvalue weighted by Gasteiger charge is -2.11. The van der Waals surface area contributed by atoms with Gasteiger partial charge in [0.25, 0.3) is 0 Å². The van der Waals surface area contributed by atoms with Crippen LogP contribution < -0.4 is 10.5 Å². The van der Waals surface area contributed by atoms with E-state index >= 15 is 0 Å². The highest BCUT2D eigenvalue weighted by Gasteiger charge is 2.31. The molecule has 3 heterocycles. The number of ether oxygens (including phenoxy) is 1. The second kappa shape index (κ2) is 9.38. The Hall–Kier alpha value is -3.07. The van der Waals surface area contributed by atoms with Crippen molar-refractivity contribution < 1.29 is 22.7 Å². The van der Waals surface area contributed by atoms with E-state index in [2.05, 4.69) is 20.8 Å². The van der Waals surface area contributed by atoms with E-state index in [1.165, 1.54) is 18.5 Å². The molecular formula is C21H20ClF3N4O2. The number of halogens is 4. The molecule has 0 saturated carbocycles. The van der Waals surface area contributed by atoms with Crippen LogP contribution in [0.2, 0.25) is 5.02 Å². The molecule has 0 aliphatic carbocycles. The molecule has 0 unspecified atom stereocenters. The molecule has 1 aliphatic heterocycles. The maximum Gasteiger partial charge on any atom is 0.416 e. The van der Waals surface area contributed by atoms with Crippen LogP contribution in [-0.2, 0) is 19.1 Å². The van der Waals surface area contributed by atoms with E-state index in [9.17, 15) is 18.0 Å². The molecule has 2 N–H and O–H groups in total. The van der Waals surface area contributed by atoms with Crippen molar-refractivity contribution in [2.75, 3.05) is 7.11 Å². The topological polar surface area (TPSA) is 83.0 Å². The maximum absolute atomic E-state index is 12.2. The molecule has 0 fully saturated rings. The van der Waals surface area contributed by atoms with Crippen molar-refractivity contribution in [3.8, 4) is 17.1 Å². The van der Waals surface area contributed by atoms with Crippen LogP contribution in [0.4, 0.5) is 13.2 Å². The van der Waals surface area contributed by atoms with Gasteiger partial charge in [-0.15, -0.1) is 0 Å². The number of aromatic nitrogens is 3. The van der Waals surface area contributed by atoms with E-state index in [4.69, 9.17) is 22.1 Å². The fourth-order valence-electron chi connectivity index (χ4n) is 3.14. The average molecular weight is 453 g/mol. The summed E-state index contributed by atoms with van der Waals surface area (Å²) in [5, 5.41) is 4.46. The number of pyridine rings is 1. The van der Waals surface area contributed by atoms with Gasteiger partial charge in [-0.25, -0.2) is 4.98 Å². The van der Waals surface area contributed by atoms with E-state index in [0.29, 0.717) is 11.9 Å². The first-order valence-electron chi connectivity index (χ1n) is 9.42. The smallest absolute Gasteiger partial charge is 0.416 e. The Balaban J connectivity index is 0.000000180. The van der Waals surface area contributed by atoms with E-state index in [0.717, 1.165) is 36.4 Å². The van der Waals surface area contributed by atoms with E-state index < -0.39 is 17.6 Å². The predicted octanol–water partition coefficient (Wildman–Crippen LogP) is 4.75. The summed E-state index contributed by atoms with van der Waals surface area (Å²) in [6.45, 7) is 1.04. The minimum Gasteiger partial charge on any atom is -0.481 e. The van der Waals surface area contributed by atoms with E-state index in [1.54, 1.807) is 13.3 Å². The fraction of sp³-hybridized carbons (Fsp3) is 0.286. The molecule has 2 aromatic heterocycles. The highest BCUT2D eigenvalue weighted by molar-refractivity contribution is 6.31. The van der Waals surface area contributed by atoms with Gasteiger partial charge in [0.1, 0.15) is 0 Å². The number of aryl methyl sites for hydroxylation is 2. The number of alkyl halides is 3. The number of benzene rings is 1. The van der Waals surface area contributed by atoms with Crippen molar-refractivity contribution in [1.82, 2.24) is 14.8 Å².